The molecule has 2 aliphatic rings. The molecule has 2 amide bonds. The van der Waals surface area contributed by atoms with Crippen molar-refractivity contribution in [1.82, 2.24) is 15.3 Å². The molecule has 1 saturated carbocycles. The van der Waals surface area contributed by atoms with Crippen LogP contribution in [0.1, 0.15) is 55.3 Å². The summed E-state index contributed by atoms with van der Waals surface area (Å²) < 4.78 is 0. The summed E-state index contributed by atoms with van der Waals surface area (Å²) in [5.41, 5.74) is 4.55. The number of anilines is 3. The van der Waals surface area contributed by atoms with Crippen molar-refractivity contribution in [2.24, 2.45) is 5.92 Å². The summed E-state index contributed by atoms with van der Waals surface area (Å²) in [5.74, 6) is 2.35. The van der Waals surface area contributed by atoms with Gasteiger partial charge < -0.3 is 20.9 Å². The van der Waals surface area contributed by atoms with Gasteiger partial charge in [0.05, 0.1) is 5.69 Å². The van der Waals surface area contributed by atoms with Crippen LogP contribution in [0.5, 0.6) is 0 Å². The molecule has 1 aromatic heterocycles. The number of nitrogens with zero attached hydrogens (tertiary/aromatic N) is 3. The lowest BCUT2D eigenvalue weighted by atomic mass is 9.86. The van der Waals surface area contributed by atoms with Gasteiger partial charge in [0.2, 0.25) is 5.95 Å². The van der Waals surface area contributed by atoms with E-state index in [1.54, 1.807) is 0 Å². The van der Waals surface area contributed by atoms with E-state index in [0.29, 0.717) is 18.5 Å². The van der Waals surface area contributed by atoms with Gasteiger partial charge in [-0.3, -0.25) is 0 Å². The third kappa shape index (κ3) is 5.69. The van der Waals surface area contributed by atoms with Gasteiger partial charge in [-0.15, -0.1) is 0 Å². The second-order valence-corrected chi connectivity index (χ2v) is 9.46. The molecule has 7 heteroatoms. The number of carbonyl (C=O) groups excluding carboxylic acids is 1. The zero-order valence-electron chi connectivity index (χ0n) is 19.6. The van der Waals surface area contributed by atoms with Gasteiger partial charge >= 0.3 is 6.03 Å². The van der Waals surface area contributed by atoms with Gasteiger partial charge in [-0.2, -0.15) is 4.98 Å². The minimum absolute atomic E-state index is 0.132. The van der Waals surface area contributed by atoms with Gasteiger partial charge in [-0.25, -0.2) is 9.78 Å². The average Bonchev–Trinajstić information content (AvgIpc) is 2.79. The van der Waals surface area contributed by atoms with Gasteiger partial charge in [0, 0.05) is 37.9 Å². The summed E-state index contributed by atoms with van der Waals surface area (Å²) >= 11 is 0. The standard InChI is InChI=1S/C25H36N6O/c1-17-8-12-20(13-9-17)28-25(32)26-16-18-10-14-19(15-11-18)27-24-29-22-7-5-4-6-21(22)23(30-24)31(2)3/h8-9,12-13,18-19H,4-7,10-11,14-16H2,1-3H3,(H2,26,28,32)(H,27,29,30). The number of hydrogen-bond acceptors (Lipinski definition) is 5. The summed E-state index contributed by atoms with van der Waals surface area (Å²) in [6.07, 6.45) is 8.90. The van der Waals surface area contributed by atoms with E-state index in [9.17, 15) is 4.79 Å². The summed E-state index contributed by atoms with van der Waals surface area (Å²) in [4.78, 5) is 24.0. The number of fused-ring (bicyclic) bond motifs is 1. The fourth-order valence-electron chi connectivity index (χ4n) is 4.75. The fraction of sp³-hybridized carbons (Fsp3) is 0.560. The van der Waals surface area contributed by atoms with Crippen LogP contribution in [0.3, 0.4) is 0 Å². The Morgan fingerprint density at radius 3 is 2.47 bits per heavy atom. The van der Waals surface area contributed by atoms with Crippen LogP contribution in [-0.2, 0) is 12.8 Å². The molecule has 1 aromatic carbocycles. The van der Waals surface area contributed by atoms with E-state index < -0.39 is 0 Å². The number of urea groups is 1. The Morgan fingerprint density at radius 1 is 1.03 bits per heavy atom. The number of aromatic nitrogens is 2. The first-order valence-electron chi connectivity index (χ1n) is 11.9. The molecule has 0 saturated heterocycles. The fourth-order valence-corrected chi connectivity index (χ4v) is 4.75. The summed E-state index contributed by atoms with van der Waals surface area (Å²) in [6, 6.07) is 8.11. The zero-order valence-corrected chi connectivity index (χ0v) is 19.6. The summed E-state index contributed by atoms with van der Waals surface area (Å²) in [6.45, 7) is 2.75. The average molecular weight is 437 g/mol. The van der Waals surface area contributed by atoms with Gasteiger partial charge in [-0.1, -0.05) is 17.7 Å². The Balaban J connectivity index is 1.25. The predicted octanol–water partition coefficient (Wildman–Crippen LogP) is 4.52. The molecule has 2 aromatic rings. The SMILES string of the molecule is Cc1ccc(NC(=O)NCC2CCC(Nc3nc4c(c(N(C)C)n3)CCCC4)CC2)cc1. The maximum atomic E-state index is 12.2. The minimum Gasteiger partial charge on any atom is -0.362 e. The van der Waals surface area contributed by atoms with Crippen molar-refractivity contribution in [3.63, 3.8) is 0 Å². The van der Waals surface area contributed by atoms with Gasteiger partial charge in [-0.05, 0) is 76.3 Å². The first kappa shape index (κ1) is 22.4. The molecule has 7 nitrogen and oxygen atoms in total. The highest BCUT2D eigenvalue weighted by molar-refractivity contribution is 5.89. The Labute approximate surface area is 191 Å². The van der Waals surface area contributed by atoms with Crippen molar-refractivity contribution >= 4 is 23.5 Å². The summed E-state index contributed by atoms with van der Waals surface area (Å²) in [5, 5.41) is 9.54. The second-order valence-electron chi connectivity index (χ2n) is 9.46. The van der Waals surface area contributed by atoms with Crippen LogP contribution in [0.2, 0.25) is 0 Å². The quantitative estimate of drug-likeness (QED) is 0.620. The molecule has 2 aliphatic carbocycles. The maximum absolute atomic E-state index is 12.2. The van der Waals surface area contributed by atoms with Gasteiger partial charge in [0.25, 0.3) is 0 Å². The molecule has 1 fully saturated rings. The molecular formula is C25H36N6O. The summed E-state index contributed by atoms with van der Waals surface area (Å²) in [7, 11) is 4.13. The molecule has 0 spiro atoms. The number of amides is 2. The monoisotopic (exact) mass is 436 g/mol. The van der Waals surface area contributed by atoms with Crippen molar-refractivity contribution in [2.75, 3.05) is 36.2 Å². The highest BCUT2D eigenvalue weighted by Crippen LogP contribution is 2.30. The lowest BCUT2D eigenvalue weighted by Gasteiger charge is -2.30. The topological polar surface area (TPSA) is 82.2 Å². The van der Waals surface area contributed by atoms with Crippen LogP contribution in [-0.4, -0.2) is 42.7 Å². The Bertz CT molecular complexity index is 919. The van der Waals surface area contributed by atoms with Crippen molar-refractivity contribution < 1.29 is 4.79 Å². The number of aryl methyl sites for hydroxylation is 2. The van der Waals surface area contributed by atoms with Gasteiger partial charge in [0.1, 0.15) is 5.82 Å². The molecule has 0 unspecified atom stereocenters. The first-order valence-corrected chi connectivity index (χ1v) is 11.9. The molecule has 0 radical (unpaired) electrons. The van der Waals surface area contributed by atoms with Crippen molar-refractivity contribution in [1.29, 1.82) is 0 Å². The smallest absolute Gasteiger partial charge is 0.319 e. The van der Waals surface area contributed by atoms with Crippen LogP contribution in [0, 0.1) is 12.8 Å². The van der Waals surface area contributed by atoms with E-state index in [1.807, 2.05) is 31.2 Å². The van der Waals surface area contributed by atoms with Crippen LogP contribution in [0.4, 0.5) is 22.2 Å². The highest BCUT2D eigenvalue weighted by atomic mass is 16.2. The van der Waals surface area contributed by atoms with E-state index >= 15 is 0 Å². The predicted molar refractivity (Wildman–Crippen MR) is 131 cm³/mol. The second kappa shape index (κ2) is 10.2. The zero-order chi connectivity index (χ0) is 22.5. The van der Waals surface area contributed by atoms with Crippen molar-refractivity contribution in [3.05, 3.63) is 41.1 Å². The molecule has 1 heterocycles. The number of nitrogens with one attached hydrogen (secondary N) is 3. The maximum Gasteiger partial charge on any atom is 0.319 e. The normalized spacial score (nSPS) is 20.2. The molecule has 32 heavy (non-hydrogen) atoms. The number of rotatable bonds is 6. The first-order chi connectivity index (χ1) is 15.5. The molecule has 3 N–H and O–H groups in total. The van der Waals surface area contributed by atoms with E-state index in [1.165, 1.54) is 29.7 Å². The van der Waals surface area contributed by atoms with Crippen LogP contribution >= 0.6 is 0 Å². The minimum atomic E-state index is -0.132. The third-order valence-electron chi connectivity index (χ3n) is 6.63. The lowest BCUT2D eigenvalue weighted by molar-refractivity contribution is 0.246. The largest absolute Gasteiger partial charge is 0.362 e. The van der Waals surface area contributed by atoms with E-state index in [-0.39, 0.29) is 6.03 Å². The number of carbonyl (C=O) groups is 1. The lowest BCUT2D eigenvalue weighted by Crippen LogP contribution is -2.36. The molecule has 172 valence electrons. The molecule has 0 aliphatic heterocycles. The third-order valence-corrected chi connectivity index (χ3v) is 6.63. The van der Waals surface area contributed by atoms with E-state index in [4.69, 9.17) is 9.97 Å². The Kier molecular flexibility index (Phi) is 7.12. The van der Waals surface area contributed by atoms with Crippen molar-refractivity contribution in [2.45, 2.75) is 64.3 Å². The molecule has 0 atom stereocenters. The number of benzene rings is 1. The van der Waals surface area contributed by atoms with E-state index in [2.05, 4.69) is 34.9 Å². The molecular weight excluding hydrogens is 400 g/mol. The van der Waals surface area contributed by atoms with E-state index in [0.717, 1.165) is 56.0 Å². The van der Waals surface area contributed by atoms with Crippen LogP contribution < -0.4 is 20.9 Å². The highest BCUT2D eigenvalue weighted by Gasteiger charge is 2.24. The van der Waals surface area contributed by atoms with Gasteiger partial charge in [0.15, 0.2) is 0 Å². The number of hydrogen-bond donors (Lipinski definition) is 3. The van der Waals surface area contributed by atoms with Crippen LogP contribution in [0.15, 0.2) is 24.3 Å². The molecule has 0 bridgehead atoms. The van der Waals surface area contributed by atoms with Crippen LogP contribution in [0.25, 0.3) is 0 Å². The Morgan fingerprint density at radius 2 is 1.75 bits per heavy atom. The van der Waals surface area contributed by atoms with Crippen molar-refractivity contribution in [3.8, 4) is 0 Å². The Hall–Kier alpha value is -2.83. The molecule has 4 rings (SSSR count).